The lowest BCUT2D eigenvalue weighted by Crippen LogP contribution is -2.22. The summed E-state index contributed by atoms with van der Waals surface area (Å²) < 4.78 is 5.40. The van der Waals surface area contributed by atoms with Crippen molar-refractivity contribution < 1.29 is 4.74 Å². The van der Waals surface area contributed by atoms with Crippen molar-refractivity contribution in [3.05, 3.63) is 30.6 Å². The lowest BCUT2D eigenvalue weighted by Gasteiger charge is -2.10. The highest BCUT2D eigenvalue weighted by atomic mass is 16.5. The lowest BCUT2D eigenvalue weighted by molar-refractivity contribution is 0.413. The molecule has 8 heteroatoms. The Labute approximate surface area is 157 Å². The molecule has 140 valence electrons. The summed E-state index contributed by atoms with van der Waals surface area (Å²) >= 11 is 0. The third-order valence-corrected chi connectivity index (χ3v) is 4.67. The van der Waals surface area contributed by atoms with Gasteiger partial charge in [-0.2, -0.15) is 10.1 Å². The van der Waals surface area contributed by atoms with Crippen LogP contribution in [0.25, 0.3) is 10.9 Å². The molecule has 1 aliphatic heterocycles. The van der Waals surface area contributed by atoms with E-state index in [2.05, 4.69) is 42.7 Å². The van der Waals surface area contributed by atoms with Crippen LogP contribution in [0.5, 0.6) is 5.75 Å². The van der Waals surface area contributed by atoms with E-state index in [1.165, 1.54) is 0 Å². The SMILES string of the molecule is COc1cnc(N=C2CCC(C)CNC2)nc1Nc1ccc2[nH]ncc2c1. The van der Waals surface area contributed by atoms with Crippen molar-refractivity contribution in [2.75, 3.05) is 25.5 Å². The molecule has 3 N–H and O–H groups in total. The molecule has 1 fully saturated rings. The average Bonchev–Trinajstić information content (AvgIpc) is 3.04. The largest absolute Gasteiger partial charge is 0.491 e. The summed E-state index contributed by atoms with van der Waals surface area (Å²) in [4.78, 5) is 13.5. The fraction of sp³-hybridized carbons (Fsp3) is 0.368. The van der Waals surface area contributed by atoms with Crippen LogP contribution in [0.15, 0.2) is 35.6 Å². The number of aliphatic imine (C=N–C) groups is 1. The number of benzene rings is 1. The first-order valence-electron chi connectivity index (χ1n) is 9.09. The van der Waals surface area contributed by atoms with Crippen molar-refractivity contribution >= 4 is 34.1 Å². The van der Waals surface area contributed by atoms with Gasteiger partial charge < -0.3 is 15.4 Å². The number of aromatic amines is 1. The number of hydrogen-bond acceptors (Lipinski definition) is 7. The number of aromatic nitrogens is 4. The molecule has 0 aliphatic carbocycles. The Morgan fingerprint density at radius 2 is 2.22 bits per heavy atom. The Morgan fingerprint density at radius 1 is 1.30 bits per heavy atom. The van der Waals surface area contributed by atoms with Crippen LogP contribution >= 0.6 is 0 Å². The number of hydrogen-bond donors (Lipinski definition) is 3. The summed E-state index contributed by atoms with van der Waals surface area (Å²) in [6.07, 6.45) is 5.52. The molecule has 4 rings (SSSR count). The molecule has 0 bridgehead atoms. The van der Waals surface area contributed by atoms with Gasteiger partial charge in [-0.15, -0.1) is 0 Å². The first-order chi connectivity index (χ1) is 13.2. The topological polar surface area (TPSA) is 100 Å². The van der Waals surface area contributed by atoms with Gasteiger partial charge in [0.15, 0.2) is 11.6 Å². The third-order valence-electron chi connectivity index (χ3n) is 4.67. The van der Waals surface area contributed by atoms with Crippen LogP contribution in [0.3, 0.4) is 0 Å². The molecule has 2 aromatic heterocycles. The fourth-order valence-corrected chi connectivity index (χ4v) is 3.11. The van der Waals surface area contributed by atoms with Crippen LogP contribution in [0.4, 0.5) is 17.5 Å². The Bertz CT molecular complexity index is 966. The minimum Gasteiger partial charge on any atom is -0.491 e. The van der Waals surface area contributed by atoms with Gasteiger partial charge in [-0.05, 0) is 43.5 Å². The second-order valence-corrected chi connectivity index (χ2v) is 6.84. The van der Waals surface area contributed by atoms with Crippen molar-refractivity contribution in [3.8, 4) is 5.75 Å². The minimum absolute atomic E-state index is 0.439. The molecule has 3 aromatic rings. The van der Waals surface area contributed by atoms with E-state index in [0.717, 1.165) is 48.2 Å². The highest BCUT2D eigenvalue weighted by Crippen LogP contribution is 2.28. The molecule has 0 amide bonds. The van der Waals surface area contributed by atoms with Gasteiger partial charge >= 0.3 is 0 Å². The number of methoxy groups -OCH3 is 1. The van der Waals surface area contributed by atoms with Crippen molar-refractivity contribution in [2.45, 2.75) is 19.8 Å². The summed E-state index contributed by atoms with van der Waals surface area (Å²) in [5.74, 6) is 2.25. The van der Waals surface area contributed by atoms with E-state index in [4.69, 9.17) is 4.74 Å². The maximum absolute atomic E-state index is 5.40. The van der Waals surface area contributed by atoms with Crippen LogP contribution in [0.1, 0.15) is 19.8 Å². The van der Waals surface area contributed by atoms with Gasteiger partial charge in [-0.3, -0.25) is 5.10 Å². The third kappa shape index (κ3) is 4.06. The molecule has 0 spiro atoms. The molecule has 1 unspecified atom stereocenters. The first kappa shape index (κ1) is 17.4. The lowest BCUT2D eigenvalue weighted by atomic mass is 10.1. The molecule has 8 nitrogen and oxygen atoms in total. The molecule has 3 heterocycles. The minimum atomic E-state index is 0.439. The Kier molecular flexibility index (Phi) is 4.97. The smallest absolute Gasteiger partial charge is 0.251 e. The van der Waals surface area contributed by atoms with E-state index >= 15 is 0 Å². The second-order valence-electron chi connectivity index (χ2n) is 6.84. The molecule has 0 radical (unpaired) electrons. The van der Waals surface area contributed by atoms with Crippen molar-refractivity contribution in [3.63, 3.8) is 0 Å². The molecule has 1 aliphatic rings. The van der Waals surface area contributed by atoms with E-state index in [-0.39, 0.29) is 0 Å². The summed E-state index contributed by atoms with van der Waals surface area (Å²) in [5, 5.41) is 14.7. The second kappa shape index (κ2) is 7.71. The normalized spacial score (nSPS) is 19.2. The Balaban J connectivity index is 1.60. The number of fused-ring (bicyclic) bond motifs is 1. The summed E-state index contributed by atoms with van der Waals surface area (Å²) in [5.41, 5.74) is 2.96. The van der Waals surface area contributed by atoms with E-state index < -0.39 is 0 Å². The molecule has 0 saturated carbocycles. The highest BCUT2D eigenvalue weighted by molar-refractivity contribution is 5.88. The molecule has 1 saturated heterocycles. The van der Waals surface area contributed by atoms with Crippen molar-refractivity contribution in [1.29, 1.82) is 0 Å². The zero-order valence-electron chi connectivity index (χ0n) is 15.5. The van der Waals surface area contributed by atoms with Gasteiger partial charge in [-0.1, -0.05) is 6.92 Å². The van der Waals surface area contributed by atoms with Crippen molar-refractivity contribution in [1.82, 2.24) is 25.5 Å². The fourth-order valence-electron chi connectivity index (χ4n) is 3.11. The van der Waals surface area contributed by atoms with E-state index in [1.54, 1.807) is 19.5 Å². The number of H-pyrrole nitrogens is 1. The molecular weight excluding hydrogens is 342 g/mol. The molecule has 1 atom stereocenters. The van der Waals surface area contributed by atoms with Crippen LogP contribution in [-0.2, 0) is 0 Å². The summed E-state index contributed by atoms with van der Waals surface area (Å²) in [7, 11) is 1.60. The number of anilines is 2. The average molecular weight is 365 g/mol. The van der Waals surface area contributed by atoms with Gasteiger partial charge in [0, 0.05) is 23.3 Å². The molecular formula is C19H23N7O. The Morgan fingerprint density at radius 3 is 3.11 bits per heavy atom. The number of rotatable bonds is 4. The van der Waals surface area contributed by atoms with E-state index in [1.807, 2.05) is 18.2 Å². The van der Waals surface area contributed by atoms with Gasteiger partial charge in [0.25, 0.3) is 5.95 Å². The van der Waals surface area contributed by atoms with Crippen molar-refractivity contribution in [2.24, 2.45) is 10.9 Å². The first-order valence-corrected chi connectivity index (χ1v) is 9.09. The summed E-state index contributed by atoms with van der Waals surface area (Å²) in [6.45, 7) is 4.05. The maximum atomic E-state index is 5.40. The zero-order chi connectivity index (χ0) is 18.6. The number of ether oxygens (including phenoxy) is 1. The zero-order valence-corrected chi connectivity index (χ0v) is 15.5. The highest BCUT2D eigenvalue weighted by Gasteiger charge is 2.13. The quantitative estimate of drug-likeness (QED) is 0.656. The number of nitrogens with one attached hydrogen (secondary N) is 3. The monoisotopic (exact) mass is 365 g/mol. The van der Waals surface area contributed by atoms with Gasteiger partial charge in [0.05, 0.1) is 25.0 Å². The van der Waals surface area contributed by atoms with Gasteiger partial charge in [-0.25, -0.2) is 9.98 Å². The van der Waals surface area contributed by atoms with Crippen LogP contribution < -0.4 is 15.4 Å². The van der Waals surface area contributed by atoms with E-state index in [0.29, 0.717) is 23.4 Å². The summed E-state index contributed by atoms with van der Waals surface area (Å²) in [6, 6.07) is 5.94. The standard InChI is InChI=1S/C19H23N7O/c1-12-3-4-15(10-20-8-12)24-19-21-11-17(27-2)18(25-19)23-14-5-6-16-13(7-14)9-22-26-16/h5-7,9,11-12,20H,3-4,8,10H2,1-2H3,(H,22,26)(H,21,23,25). The predicted octanol–water partition coefficient (Wildman–Crippen LogP) is 3.20. The molecule has 27 heavy (non-hydrogen) atoms. The Hall–Kier alpha value is -3.00. The maximum Gasteiger partial charge on any atom is 0.251 e. The number of nitrogens with zero attached hydrogens (tertiary/aromatic N) is 4. The van der Waals surface area contributed by atoms with Crippen LogP contribution in [-0.4, -0.2) is 46.1 Å². The van der Waals surface area contributed by atoms with Gasteiger partial charge in [0.1, 0.15) is 0 Å². The molecule has 1 aromatic carbocycles. The van der Waals surface area contributed by atoms with E-state index in [9.17, 15) is 0 Å². The van der Waals surface area contributed by atoms with Gasteiger partial charge in [0.2, 0.25) is 0 Å². The predicted molar refractivity (Wildman–Crippen MR) is 106 cm³/mol. The van der Waals surface area contributed by atoms with Crippen LogP contribution in [0.2, 0.25) is 0 Å². The van der Waals surface area contributed by atoms with Crippen LogP contribution in [0, 0.1) is 5.92 Å².